The van der Waals surface area contributed by atoms with Gasteiger partial charge >= 0.3 is 0 Å². The van der Waals surface area contributed by atoms with Gasteiger partial charge in [-0.2, -0.15) is 0 Å². The minimum atomic E-state index is 0.757. The number of allylic oxidation sites excluding steroid dienone is 4. The highest BCUT2D eigenvalue weighted by Crippen LogP contribution is 2.42. The molecule has 11 rings (SSSR count). The van der Waals surface area contributed by atoms with Crippen LogP contribution in [-0.4, -0.2) is 0 Å². The Bertz CT molecular complexity index is 3510. The predicted octanol–water partition coefficient (Wildman–Crippen LogP) is 18.4. The van der Waals surface area contributed by atoms with Gasteiger partial charge in [0, 0.05) is 51.3 Å². The molecule has 1 heterocycles. The maximum absolute atomic E-state index is 6.38. The molecular weight excluding hydrogens is 851 g/mol. The summed E-state index contributed by atoms with van der Waals surface area (Å²) in [4.78, 5) is 2.25. The number of benzene rings is 10. The molecule has 0 radical (unpaired) electrons. The van der Waals surface area contributed by atoms with E-state index in [4.69, 9.17) is 11.3 Å². The summed E-state index contributed by atoms with van der Waals surface area (Å²) in [6.45, 7) is 4.77. The third kappa shape index (κ3) is 9.57. The summed E-state index contributed by atoms with van der Waals surface area (Å²) in [5, 5.41) is 7.27. The molecule has 0 fully saturated rings. The van der Waals surface area contributed by atoms with Crippen molar-refractivity contribution in [3.05, 3.63) is 291 Å². The lowest BCUT2D eigenvalue weighted by molar-refractivity contribution is 0.483. The van der Waals surface area contributed by atoms with Crippen molar-refractivity contribution < 1.29 is 4.74 Å². The van der Waals surface area contributed by atoms with E-state index in [0.29, 0.717) is 0 Å². The van der Waals surface area contributed by atoms with E-state index >= 15 is 0 Å². The molecule has 0 saturated heterocycles. The van der Waals surface area contributed by atoms with Crippen LogP contribution in [0.2, 0.25) is 0 Å². The average Bonchev–Trinajstić information content (AvgIpc) is 3.42. The van der Waals surface area contributed by atoms with Crippen molar-refractivity contribution >= 4 is 45.3 Å². The quantitative estimate of drug-likeness (QED) is 0.128. The number of fused-ring (bicyclic) bond motifs is 1. The maximum Gasteiger partial charge on any atom is 0.127 e. The van der Waals surface area contributed by atoms with E-state index in [1.54, 1.807) is 0 Å². The molecule has 4 nitrogen and oxygen atoms in total. The number of anilines is 6. The summed E-state index contributed by atoms with van der Waals surface area (Å²) in [5.74, 6) is 1.54. The van der Waals surface area contributed by atoms with Gasteiger partial charge in [-0.25, -0.2) is 0 Å². The average molecular weight is 900 g/mol. The third-order valence-electron chi connectivity index (χ3n) is 12.6. The number of nitrogens with one attached hydrogen (secondary N) is 2. The number of hydrogen-bond acceptors (Lipinski definition) is 4. The summed E-state index contributed by atoms with van der Waals surface area (Å²) >= 11 is 0. The first-order valence-corrected chi connectivity index (χ1v) is 23.6. The van der Waals surface area contributed by atoms with Crippen LogP contribution < -0.4 is 20.3 Å². The molecule has 0 spiro atoms. The maximum atomic E-state index is 6.38. The van der Waals surface area contributed by atoms with Crippen LogP contribution in [0.3, 0.4) is 0 Å². The normalized spacial score (nSPS) is 13.2. The van der Waals surface area contributed by atoms with E-state index in [1.165, 1.54) is 5.56 Å². The molecule has 1 aliphatic rings. The lowest BCUT2D eigenvalue weighted by Crippen LogP contribution is -2.12. The zero-order valence-electron chi connectivity index (χ0n) is 38.5. The summed E-state index contributed by atoms with van der Waals surface area (Å²) in [6.07, 6.45) is 6.58. The lowest BCUT2D eigenvalue weighted by Gasteiger charge is -2.27. The number of nitrogens with zero attached hydrogens (tertiary/aromatic N) is 1. The summed E-state index contributed by atoms with van der Waals surface area (Å²) in [5.41, 5.74) is 19.3. The highest BCUT2D eigenvalue weighted by atomic mass is 16.5. The largest absolute Gasteiger partial charge is 0.457 e. The van der Waals surface area contributed by atoms with Crippen LogP contribution in [0.4, 0.5) is 34.1 Å². The molecule has 0 amide bonds. The number of para-hydroxylation sites is 4. The van der Waals surface area contributed by atoms with Gasteiger partial charge in [0.2, 0.25) is 0 Å². The van der Waals surface area contributed by atoms with Gasteiger partial charge in [-0.1, -0.05) is 164 Å². The van der Waals surface area contributed by atoms with Gasteiger partial charge in [0.25, 0.3) is 0 Å². The first kappa shape index (κ1) is 43.2. The number of rotatable bonds is 12. The molecular formula is C66H49N3O. The standard InChI is InChI=1S/C66H49N3O/c1-47-43-53(51-20-16-22-55(45-51)62-28-12-14-30-65(62)68-57-25-9-4-10-26-57)41-42-69(58-34-38-60(39-35-58)70-59-36-31-49(32-37-59)48-17-5-2-6-18-48)66-40-33-52(46-63(47)66)50-19-15-21-54(44-50)61-27-11-13-29-64(61)67-56-23-7-3-8-24-56/h2-46,67-68H,1H2/b42-41-,53-43+. The Morgan fingerprint density at radius 2 is 0.814 bits per heavy atom. The first-order valence-electron chi connectivity index (χ1n) is 23.6. The highest BCUT2D eigenvalue weighted by molar-refractivity contribution is 5.96. The number of ether oxygens (including phenoxy) is 1. The molecule has 70 heavy (non-hydrogen) atoms. The molecule has 10 aromatic rings. The van der Waals surface area contributed by atoms with Crippen molar-refractivity contribution in [2.45, 2.75) is 0 Å². The second kappa shape index (κ2) is 19.8. The molecule has 10 aromatic carbocycles. The monoisotopic (exact) mass is 899 g/mol. The van der Waals surface area contributed by atoms with Crippen LogP contribution in [0.15, 0.2) is 280 Å². The summed E-state index contributed by atoms with van der Waals surface area (Å²) in [6, 6.07) is 88.8. The van der Waals surface area contributed by atoms with Crippen LogP contribution in [0.5, 0.6) is 11.5 Å². The molecule has 0 atom stereocenters. The van der Waals surface area contributed by atoms with Crippen molar-refractivity contribution in [1.82, 2.24) is 0 Å². The van der Waals surface area contributed by atoms with Gasteiger partial charge in [-0.15, -0.1) is 0 Å². The van der Waals surface area contributed by atoms with E-state index in [1.807, 2.05) is 66.7 Å². The first-order chi connectivity index (χ1) is 34.6. The fourth-order valence-corrected chi connectivity index (χ4v) is 9.07. The Labute approximate surface area is 410 Å². The van der Waals surface area contributed by atoms with E-state index in [2.05, 4.69) is 222 Å². The topological polar surface area (TPSA) is 36.5 Å². The van der Waals surface area contributed by atoms with E-state index < -0.39 is 0 Å². The number of hydrogen-bond donors (Lipinski definition) is 2. The van der Waals surface area contributed by atoms with Gasteiger partial charge < -0.3 is 20.3 Å². The van der Waals surface area contributed by atoms with Crippen molar-refractivity contribution in [2.24, 2.45) is 0 Å². The molecule has 0 unspecified atom stereocenters. The van der Waals surface area contributed by atoms with Crippen LogP contribution in [0.1, 0.15) is 11.1 Å². The van der Waals surface area contributed by atoms with Crippen molar-refractivity contribution in [1.29, 1.82) is 0 Å². The van der Waals surface area contributed by atoms with E-state index in [9.17, 15) is 0 Å². The van der Waals surface area contributed by atoms with Crippen LogP contribution in [0.25, 0.3) is 55.7 Å². The SMILES string of the molecule is C=C1/C=C(c2cccc(-c3ccccc3Nc3ccccc3)c2)\C=C/N(c2ccc(Oc3ccc(-c4ccccc4)cc3)cc2)c2ccc(-c3cccc(-c4ccccc4Nc4ccccc4)c3)cc21. The molecule has 4 heteroatoms. The van der Waals surface area contributed by atoms with Gasteiger partial charge in [-0.3, -0.25) is 0 Å². The lowest BCUT2D eigenvalue weighted by atomic mass is 9.91. The van der Waals surface area contributed by atoms with Crippen molar-refractivity contribution in [3.63, 3.8) is 0 Å². The Hall–Kier alpha value is -9.38. The Morgan fingerprint density at radius 3 is 1.43 bits per heavy atom. The molecule has 0 saturated carbocycles. The summed E-state index contributed by atoms with van der Waals surface area (Å²) < 4.78 is 6.38. The van der Waals surface area contributed by atoms with Gasteiger partial charge in [-0.05, 0) is 159 Å². The van der Waals surface area contributed by atoms with Gasteiger partial charge in [0.1, 0.15) is 11.5 Å². The third-order valence-corrected chi connectivity index (χ3v) is 12.6. The van der Waals surface area contributed by atoms with E-state index in [0.717, 1.165) is 107 Å². The van der Waals surface area contributed by atoms with E-state index in [-0.39, 0.29) is 0 Å². The van der Waals surface area contributed by atoms with Crippen LogP contribution in [-0.2, 0) is 0 Å². The zero-order chi connectivity index (χ0) is 47.1. The molecule has 0 aliphatic carbocycles. The fourth-order valence-electron chi connectivity index (χ4n) is 9.07. The van der Waals surface area contributed by atoms with Crippen LogP contribution in [0, 0.1) is 0 Å². The second-order valence-corrected chi connectivity index (χ2v) is 17.3. The highest BCUT2D eigenvalue weighted by Gasteiger charge is 2.19. The van der Waals surface area contributed by atoms with Crippen LogP contribution >= 0.6 is 0 Å². The Kier molecular flexibility index (Phi) is 12.2. The molecule has 2 N–H and O–H groups in total. The predicted molar refractivity (Wildman–Crippen MR) is 295 cm³/mol. The molecule has 334 valence electrons. The zero-order valence-corrected chi connectivity index (χ0v) is 38.5. The van der Waals surface area contributed by atoms with Crippen molar-refractivity contribution in [3.8, 4) is 56.0 Å². The Balaban J connectivity index is 0.950. The minimum Gasteiger partial charge on any atom is -0.457 e. The summed E-state index contributed by atoms with van der Waals surface area (Å²) in [7, 11) is 0. The molecule has 0 bridgehead atoms. The minimum absolute atomic E-state index is 0.757. The molecule has 1 aliphatic heterocycles. The van der Waals surface area contributed by atoms with Gasteiger partial charge in [0.05, 0.1) is 5.69 Å². The fraction of sp³-hybridized carbons (Fsp3) is 0. The smallest absolute Gasteiger partial charge is 0.127 e. The Morgan fingerprint density at radius 1 is 0.357 bits per heavy atom. The molecule has 0 aromatic heterocycles. The van der Waals surface area contributed by atoms with Crippen molar-refractivity contribution in [2.75, 3.05) is 15.5 Å². The van der Waals surface area contributed by atoms with Gasteiger partial charge in [0.15, 0.2) is 0 Å². The second-order valence-electron chi connectivity index (χ2n) is 17.3.